The normalized spacial score (nSPS) is 11.3. The molecule has 0 fully saturated rings. The first-order chi connectivity index (χ1) is 9.44. The molecule has 1 aromatic rings. The van der Waals surface area contributed by atoms with E-state index in [-0.39, 0.29) is 5.75 Å². The summed E-state index contributed by atoms with van der Waals surface area (Å²) in [7, 11) is 0.574. The second-order valence-corrected chi connectivity index (χ2v) is 6.81. The van der Waals surface area contributed by atoms with Gasteiger partial charge in [0.05, 0.1) is 11.4 Å². The Morgan fingerprint density at radius 2 is 1.95 bits per heavy atom. The third-order valence-electron chi connectivity index (χ3n) is 2.83. The molecule has 5 nitrogen and oxygen atoms in total. The summed E-state index contributed by atoms with van der Waals surface area (Å²) in [5.41, 5.74) is 1.58. The average molecular weight is 299 g/mol. The maximum Gasteiger partial charge on any atom is 0.232 e. The van der Waals surface area contributed by atoms with Gasteiger partial charge in [-0.25, -0.2) is 8.42 Å². The van der Waals surface area contributed by atoms with Gasteiger partial charge in [-0.05, 0) is 44.1 Å². The van der Waals surface area contributed by atoms with Crippen LogP contribution < -0.4 is 14.9 Å². The fourth-order valence-electron chi connectivity index (χ4n) is 1.77. The lowest BCUT2D eigenvalue weighted by Crippen LogP contribution is -2.22. The zero-order valence-electron chi connectivity index (χ0n) is 12.5. The van der Waals surface area contributed by atoms with Crippen LogP contribution in [0.15, 0.2) is 24.3 Å². The highest BCUT2D eigenvalue weighted by molar-refractivity contribution is 7.92. The van der Waals surface area contributed by atoms with E-state index >= 15 is 0 Å². The Bertz CT molecular complexity index is 501. The summed E-state index contributed by atoms with van der Waals surface area (Å²) in [6, 6.07) is 7.37. The highest BCUT2D eigenvalue weighted by Gasteiger charge is 2.10. The van der Waals surface area contributed by atoms with Crippen LogP contribution in [-0.4, -0.2) is 41.4 Å². The second-order valence-electron chi connectivity index (χ2n) is 4.97. The molecule has 0 saturated carbocycles. The van der Waals surface area contributed by atoms with Crippen LogP contribution in [0.5, 0.6) is 0 Å². The molecule has 0 aliphatic heterocycles. The largest absolute Gasteiger partial charge is 0.378 e. The van der Waals surface area contributed by atoms with Gasteiger partial charge in [0.25, 0.3) is 0 Å². The first-order valence-corrected chi connectivity index (χ1v) is 8.58. The monoisotopic (exact) mass is 299 g/mol. The van der Waals surface area contributed by atoms with Crippen LogP contribution in [0, 0.1) is 0 Å². The fourth-order valence-corrected chi connectivity index (χ4v) is 2.88. The van der Waals surface area contributed by atoms with E-state index in [0.717, 1.165) is 25.2 Å². The number of anilines is 2. The second kappa shape index (κ2) is 8.11. The van der Waals surface area contributed by atoms with Crippen LogP contribution in [0.25, 0.3) is 0 Å². The number of benzene rings is 1. The van der Waals surface area contributed by atoms with Gasteiger partial charge in [-0.2, -0.15) is 0 Å². The van der Waals surface area contributed by atoms with Gasteiger partial charge in [0.2, 0.25) is 10.0 Å². The molecule has 114 valence electrons. The van der Waals surface area contributed by atoms with Crippen LogP contribution in [0.4, 0.5) is 11.4 Å². The summed E-state index contributed by atoms with van der Waals surface area (Å²) >= 11 is 0. The van der Waals surface area contributed by atoms with E-state index in [1.165, 1.54) is 0 Å². The first-order valence-electron chi connectivity index (χ1n) is 6.93. The average Bonchev–Trinajstić information content (AvgIpc) is 2.38. The minimum absolute atomic E-state index is 0.135. The SMILES string of the molecule is CCCNCCCS(=O)(=O)Nc1cccc(N(C)C)c1. The van der Waals surface area contributed by atoms with E-state index in [1.807, 2.05) is 37.2 Å². The molecule has 0 unspecified atom stereocenters. The van der Waals surface area contributed by atoms with Crippen molar-refractivity contribution in [2.45, 2.75) is 19.8 Å². The Labute approximate surface area is 122 Å². The lowest BCUT2D eigenvalue weighted by atomic mass is 10.3. The molecule has 0 atom stereocenters. The van der Waals surface area contributed by atoms with Gasteiger partial charge in [0.15, 0.2) is 0 Å². The van der Waals surface area contributed by atoms with E-state index in [1.54, 1.807) is 6.07 Å². The lowest BCUT2D eigenvalue weighted by molar-refractivity contribution is 0.593. The molecule has 6 heteroatoms. The third-order valence-corrected chi connectivity index (χ3v) is 4.20. The minimum Gasteiger partial charge on any atom is -0.378 e. The van der Waals surface area contributed by atoms with Crippen molar-refractivity contribution in [3.63, 3.8) is 0 Å². The quantitative estimate of drug-likeness (QED) is 0.684. The molecule has 0 spiro atoms. The highest BCUT2D eigenvalue weighted by Crippen LogP contribution is 2.18. The molecule has 2 N–H and O–H groups in total. The number of nitrogens with one attached hydrogen (secondary N) is 2. The van der Waals surface area contributed by atoms with Crippen molar-refractivity contribution in [2.24, 2.45) is 0 Å². The van der Waals surface area contributed by atoms with Crippen LogP contribution in [-0.2, 0) is 10.0 Å². The number of hydrogen-bond donors (Lipinski definition) is 2. The van der Waals surface area contributed by atoms with E-state index < -0.39 is 10.0 Å². The molecule has 0 amide bonds. The van der Waals surface area contributed by atoms with Gasteiger partial charge in [-0.3, -0.25) is 4.72 Å². The van der Waals surface area contributed by atoms with Crippen LogP contribution in [0.2, 0.25) is 0 Å². The van der Waals surface area contributed by atoms with E-state index in [4.69, 9.17) is 0 Å². The van der Waals surface area contributed by atoms with E-state index in [9.17, 15) is 8.42 Å². The summed E-state index contributed by atoms with van der Waals surface area (Å²) in [6.07, 6.45) is 1.67. The van der Waals surface area contributed by atoms with Gasteiger partial charge < -0.3 is 10.2 Å². The Kier molecular flexibility index (Phi) is 6.81. The molecule has 0 saturated heterocycles. The van der Waals surface area contributed by atoms with Crippen molar-refractivity contribution in [3.8, 4) is 0 Å². The van der Waals surface area contributed by atoms with Crippen LogP contribution in [0.3, 0.4) is 0 Å². The maximum atomic E-state index is 12.0. The van der Waals surface area contributed by atoms with E-state index in [0.29, 0.717) is 12.1 Å². The molecule has 0 aliphatic carbocycles. The van der Waals surface area contributed by atoms with Crippen LogP contribution in [0.1, 0.15) is 19.8 Å². The fraction of sp³-hybridized carbons (Fsp3) is 0.571. The Balaban J connectivity index is 2.51. The van der Waals surface area contributed by atoms with Crippen molar-refractivity contribution < 1.29 is 8.42 Å². The van der Waals surface area contributed by atoms with Gasteiger partial charge in [-0.15, -0.1) is 0 Å². The van der Waals surface area contributed by atoms with Gasteiger partial charge in [-0.1, -0.05) is 13.0 Å². The highest BCUT2D eigenvalue weighted by atomic mass is 32.2. The molecule has 0 radical (unpaired) electrons. The molecule has 20 heavy (non-hydrogen) atoms. The zero-order chi connectivity index (χ0) is 15.0. The third kappa shape index (κ3) is 6.25. The standard InChI is InChI=1S/C14H25N3O2S/c1-4-9-15-10-6-11-20(18,19)16-13-7-5-8-14(12-13)17(2)3/h5,7-8,12,15-16H,4,6,9-11H2,1-3H3. The number of nitrogens with zero attached hydrogens (tertiary/aromatic N) is 1. The van der Waals surface area contributed by atoms with Crippen molar-refractivity contribution in [1.29, 1.82) is 0 Å². The summed E-state index contributed by atoms with van der Waals surface area (Å²) in [4.78, 5) is 1.94. The van der Waals surface area contributed by atoms with Gasteiger partial charge in [0.1, 0.15) is 0 Å². The van der Waals surface area contributed by atoms with E-state index in [2.05, 4.69) is 17.0 Å². The smallest absolute Gasteiger partial charge is 0.232 e. The lowest BCUT2D eigenvalue weighted by Gasteiger charge is -2.14. The number of hydrogen-bond acceptors (Lipinski definition) is 4. The predicted molar refractivity (Wildman–Crippen MR) is 86.0 cm³/mol. The van der Waals surface area contributed by atoms with Crippen molar-refractivity contribution >= 4 is 21.4 Å². The van der Waals surface area contributed by atoms with Crippen molar-refractivity contribution in [2.75, 3.05) is 42.6 Å². The molecule has 1 aromatic carbocycles. The molecule has 0 aliphatic rings. The molecule has 0 bridgehead atoms. The molecule has 0 heterocycles. The Morgan fingerprint density at radius 3 is 2.60 bits per heavy atom. The maximum absolute atomic E-state index is 12.0. The zero-order valence-corrected chi connectivity index (χ0v) is 13.3. The molecular weight excluding hydrogens is 274 g/mol. The van der Waals surface area contributed by atoms with Gasteiger partial charge in [0, 0.05) is 19.8 Å². The topological polar surface area (TPSA) is 61.4 Å². The minimum atomic E-state index is -3.27. The summed E-state index contributed by atoms with van der Waals surface area (Å²) in [6.45, 7) is 3.74. The summed E-state index contributed by atoms with van der Waals surface area (Å²) in [5, 5.41) is 3.20. The number of sulfonamides is 1. The van der Waals surface area contributed by atoms with Crippen molar-refractivity contribution in [3.05, 3.63) is 24.3 Å². The molecule has 0 aromatic heterocycles. The summed E-state index contributed by atoms with van der Waals surface area (Å²) in [5.74, 6) is 0.135. The predicted octanol–water partition coefficient (Wildman–Crippen LogP) is 1.88. The summed E-state index contributed by atoms with van der Waals surface area (Å²) < 4.78 is 26.5. The molecular formula is C14H25N3O2S. The Hall–Kier alpha value is -1.27. The first kappa shape index (κ1) is 16.8. The molecule has 1 rings (SSSR count). The number of rotatable bonds is 9. The Morgan fingerprint density at radius 1 is 1.20 bits per heavy atom. The van der Waals surface area contributed by atoms with Gasteiger partial charge >= 0.3 is 0 Å². The van der Waals surface area contributed by atoms with Crippen LogP contribution >= 0.6 is 0 Å². The van der Waals surface area contributed by atoms with Crippen molar-refractivity contribution in [1.82, 2.24) is 5.32 Å².